The van der Waals surface area contributed by atoms with Crippen molar-refractivity contribution in [1.82, 2.24) is 10.2 Å². The Bertz CT molecular complexity index is 667. The average molecular weight is 423 g/mol. The Hall–Kier alpha value is -1.86. The molecule has 30 heavy (non-hydrogen) atoms. The predicted octanol–water partition coefficient (Wildman–Crippen LogP) is 3.18. The fourth-order valence-electron chi connectivity index (χ4n) is 4.10. The van der Waals surface area contributed by atoms with Crippen molar-refractivity contribution in [3.63, 3.8) is 0 Å². The van der Waals surface area contributed by atoms with Gasteiger partial charge in [-0.1, -0.05) is 25.2 Å². The van der Waals surface area contributed by atoms with Crippen molar-refractivity contribution in [3.8, 4) is 0 Å². The molecular weight excluding hydrogens is 384 g/mol. The summed E-state index contributed by atoms with van der Waals surface area (Å²) in [6.07, 6.45) is 7.82. The lowest BCUT2D eigenvalue weighted by molar-refractivity contribution is -0.132. The van der Waals surface area contributed by atoms with Crippen LogP contribution in [0.3, 0.4) is 0 Å². The molecule has 2 N–H and O–H groups in total. The van der Waals surface area contributed by atoms with Crippen LogP contribution in [0.2, 0.25) is 0 Å². The lowest BCUT2D eigenvalue weighted by Gasteiger charge is -2.35. The van der Waals surface area contributed by atoms with Crippen LogP contribution in [-0.4, -0.2) is 65.6 Å². The number of aliphatic hydroxyl groups excluding tert-OH is 1. The van der Waals surface area contributed by atoms with Gasteiger partial charge in [0.25, 0.3) is 0 Å². The Kier molecular flexibility index (Phi) is 8.50. The molecule has 1 aliphatic carbocycles. The number of rotatable bonds is 7. The van der Waals surface area contributed by atoms with Crippen molar-refractivity contribution in [2.24, 2.45) is 5.92 Å². The van der Waals surface area contributed by atoms with Gasteiger partial charge in [0.1, 0.15) is 5.60 Å². The van der Waals surface area contributed by atoms with Crippen molar-refractivity contribution in [1.29, 1.82) is 0 Å². The van der Waals surface area contributed by atoms with E-state index in [0.717, 1.165) is 31.3 Å². The first-order valence-electron chi connectivity index (χ1n) is 10.9. The molecule has 1 aliphatic heterocycles. The van der Waals surface area contributed by atoms with Gasteiger partial charge in [0.05, 0.1) is 30.2 Å². The normalized spacial score (nSPS) is 23.4. The standard InChI is InChI=1S/C23H38N2O5/c1-15(21(27)24-16(2)19(26)17-11-8-7-9-12-17)20(29-6)18-13-10-14-25(18)22(28)30-23(3,4)5/h8,11-12,15-16,18-20,26H,7,9-10,13-14H2,1-6H3,(H,24,27)/t15-,16-,18+,19-,20-/m1/s1. The minimum absolute atomic E-state index is 0.204. The van der Waals surface area contributed by atoms with Crippen LogP contribution in [0.1, 0.15) is 60.3 Å². The van der Waals surface area contributed by atoms with Crippen LogP contribution in [0.4, 0.5) is 4.79 Å². The van der Waals surface area contributed by atoms with E-state index >= 15 is 0 Å². The first kappa shape index (κ1) is 24.4. The number of aliphatic hydroxyl groups is 1. The number of hydrogen-bond acceptors (Lipinski definition) is 5. The quantitative estimate of drug-likeness (QED) is 0.658. The number of likely N-dealkylation sites (tertiary alicyclic amines) is 1. The highest BCUT2D eigenvalue weighted by Crippen LogP contribution is 2.28. The van der Waals surface area contributed by atoms with Crippen molar-refractivity contribution in [2.75, 3.05) is 13.7 Å². The number of methoxy groups -OCH3 is 1. The maximum absolute atomic E-state index is 12.9. The van der Waals surface area contributed by atoms with Gasteiger partial charge < -0.3 is 24.8 Å². The molecule has 0 radical (unpaired) electrons. The summed E-state index contributed by atoms with van der Waals surface area (Å²) in [6.45, 7) is 9.69. The highest BCUT2D eigenvalue weighted by Gasteiger charge is 2.41. The Morgan fingerprint density at radius 1 is 1.27 bits per heavy atom. The molecule has 0 aromatic rings. The van der Waals surface area contributed by atoms with E-state index in [-0.39, 0.29) is 18.0 Å². The van der Waals surface area contributed by atoms with E-state index < -0.39 is 29.8 Å². The molecule has 170 valence electrons. The van der Waals surface area contributed by atoms with Crippen LogP contribution < -0.4 is 5.32 Å². The summed E-state index contributed by atoms with van der Waals surface area (Å²) in [6, 6.07) is -0.660. The number of nitrogens with zero attached hydrogens (tertiary/aromatic N) is 1. The molecule has 0 saturated carbocycles. The van der Waals surface area contributed by atoms with E-state index in [1.165, 1.54) is 0 Å². The predicted molar refractivity (Wildman–Crippen MR) is 116 cm³/mol. The van der Waals surface area contributed by atoms with E-state index in [4.69, 9.17) is 9.47 Å². The molecule has 1 fully saturated rings. The Balaban J connectivity index is 2.02. The molecule has 2 aliphatic rings. The van der Waals surface area contributed by atoms with E-state index in [9.17, 15) is 14.7 Å². The topological polar surface area (TPSA) is 88.1 Å². The van der Waals surface area contributed by atoms with Gasteiger partial charge in [0.15, 0.2) is 0 Å². The lowest BCUT2D eigenvalue weighted by atomic mass is 9.93. The van der Waals surface area contributed by atoms with Crippen molar-refractivity contribution >= 4 is 12.0 Å². The molecule has 0 aromatic heterocycles. The number of hydrogen-bond donors (Lipinski definition) is 2. The van der Waals surface area contributed by atoms with Gasteiger partial charge in [-0.05, 0) is 59.0 Å². The second-order valence-corrected chi connectivity index (χ2v) is 9.30. The highest BCUT2D eigenvalue weighted by molar-refractivity contribution is 5.79. The van der Waals surface area contributed by atoms with Crippen LogP contribution in [-0.2, 0) is 14.3 Å². The first-order valence-corrected chi connectivity index (χ1v) is 10.9. The molecule has 7 heteroatoms. The van der Waals surface area contributed by atoms with Gasteiger partial charge in [-0.15, -0.1) is 0 Å². The molecular formula is C23H38N2O5. The van der Waals surface area contributed by atoms with Gasteiger partial charge in [0, 0.05) is 13.7 Å². The minimum Gasteiger partial charge on any atom is -0.444 e. The SMILES string of the molecule is CO[C@H]([C@@H](C)C(=O)N[C@H](C)[C@@H](O)C1=CCCC=C1)[C@@H]1CCCN1C(=O)OC(C)(C)C. The monoisotopic (exact) mass is 422 g/mol. The maximum atomic E-state index is 12.9. The van der Waals surface area contributed by atoms with Gasteiger partial charge in [-0.2, -0.15) is 0 Å². The second kappa shape index (κ2) is 10.4. The van der Waals surface area contributed by atoms with Gasteiger partial charge in [0.2, 0.25) is 5.91 Å². The van der Waals surface area contributed by atoms with Crippen molar-refractivity contribution < 1.29 is 24.2 Å². The zero-order valence-electron chi connectivity index (χ0n) is 19.2. The Morgan fingerprint density at radius 2 is 1.97 bits per heavy atom. The first-order chi connectivity index (χ1) is 14.0. The summed E-state index contributed by atoms with van der Waals surface area (Å²) in [4.78, 5) is 27.2. The lowest BCUT2D eigenvalue weighted by Crippen LogP contribution is -2.52. The van der Waals surface area contributed by atoms with Crippen LogP contribution in [0.5, 0.6) is 0 Å². The molecule has 2 amide bonds. The molecule has 1 saturated heterocycles. The number of carbonyl (C=O) groups excluding carboxylic acids is 2. The Morgan fingerprint density at radius 3 is 2.53 bits per heavy atom. The van der Waals surface area contributed by atoms with Gasteiger partial charge >= 0.3 is 6.09 Å². The largest absolute Gasteiger partial charge is 0.444 e. The summed E-state index contributed by atoms with van der Waals surface area (Å²) in [5.74, 6) is -0.696. The van der Waals surface area contributed by atoms with Gasteiger partial charge in [-0.25, -0.2) is 4.79 Å². The van der Waals surface area contributed by atoms with E-state index in [1.807, 2.05) is 39.0 Å². The second-order valence-electron chi connectivity index (χ2n) is 9.30. The third-order valence-electron chi connectivity index (χ3n) is 5.69. The number of allylic oxidation sites excluding steroid dienone is 2. The highest BCUT2D eigenvalue weighted by atomic mass is 16.6. The summed E-state index contributed by atoms with van der Waals surface area (Å²) < 4.78 is 11.2. The fraction of sp³-hybridized carbons (Fsp3) is 0.739. The third-order valence-corrected chi connectivity index (χ3v) is 5.69. The number of amides is 2. The Labute approximate surface area is 180 Å². The molecule has 0 aromatic carbocycles. The van der Waals surface area contributed by atoms with E-state index in [0.29, 0.717) is 6.54 Å². The van der Waals surface area contributed by atoms with Crippen LogP contribution in [0, 0.1) is 5.92 Å². The molecule has 7 nitrogen and oxygen atoms in total. The summed E-state index contributed by atoms with van der Waals surface area (Å²) in [7, 11) is 1.57. The molecule has 1 heterocycles. The summed E-state index contributed by atoms with van der Waals surface area (Å²) in [5, 5.41) is 13.5. The third kappa shape index (κ3) is 6.32. The van der Waals surface area contributed by atoms with Crippen molar-refractivity contribution in [2.45, 2.75) is 90.2 Å². The molecule has 2 rings (SSSR count). The maximum Gasteiger partial charge on any atom is 0.410 e. The summed E-state index contributed by atoms with van der Waals surface area (Å²) in [5.41, 5.74) is 0.251. The van der Waals surface area contributed by atoms with Crippen molar-refractivity contribution in [3.05, 3.63) is 23.8 Å². The van der Waals surface area contributed by atoms with E-state index in [1.54, 1.807) is 25.9 Å². The molecule has 0 unspecified atom stereocenters. The average Bonchev–Trinajstić information content (AvgIpc) is 3.16. The summed E-state index contributed by atoms with van der Waals surface area (Å²) >= 11 is 0. The number of ether oxygens (including phenoxy) is 2. The van der Waals surface area contributed by atoms with Gasteiger partial charge in [-0.3, -0.25) is 4.79 Å². The van der Waals surface area contributed by atoms with Crippen LogP contribution in [0.15, 0.2) is 23.8 Å². The molecule has 0 spiro atoms. The zero-order chi connectivity index (χ0) is 22.5. The number of nitrogens with one attached hydrogen (secondary N) is 1. The fourth-order valence-corrected chi connectivity index (χ4v) is 4.10. The van der Waals surface area contributed by atoms with Crippen LogP contribution in [0.25, 0.3) is 0 Å². The molecule has 5 atom stereocenters. The smallest absolute Gasteiger partial charge is 0.410 e. The molecule has 0 bridgehead atoms. The minimum atomic E-state index is -0.761. The van der Waals surface area contributed by atoms with E-state index in [2.05, 4.69) is 5.32 Å². The van der Waals surface area contributed by atoms with Crippen LogP contribution >= 0.6 is 0 Å². The zero-order valence-corrected chi connectivity index (χ0v) is 19.2. The number of carbonyl (C=O) groups is 2.